The van der Waals surface area contributed by atoms with Crippen LogP contribution in [0.4, 0.5) is 0 Å². The van der Waals surface area contributed by atoms with Gasteiger partial charge in [0.1, 0.15) is 17.6 Å². The van der Waals surface area contributed by atoms with Crippen LogP contribution in [0.15, 0.2) is 77.9 Å². The number of carbonyl (C=O) groups excluding carboxylic acids is 2. The van der Waals surface area contributed by atoms with Gasteiger partial charge in [-0.05, 0) is 57.4 Å². The predicted molar refractivity (Wildman–Crippen MR) is 117 cm³/mol. The molecular weight excluding hydrogens is 364 g/mol. The average Bonchev–Trinajstić information content (AvgIpc) is 2.69. The summed E-state index contributed by atoms with van der Waals surface area (Å²) in [5.41, 5.74) is 3.80. The first kappa shape index (κ1) is 23.9. The van der Waals surface area contributed by atoms with E-state index in [0.717, 1.165) is 30.3 Å². The molecule has 0 aliphatic heterocycles. The minimum absolute atomic E-state index is 0.0535. The van der Waals surface area contributed by atoms with Crippen molar-refractivity contribution in [2.75, 3.05) is 6.61 Å². The Balaban J connectivity index is 0.000000331. The number of phenols is 1. The number of ether oxygens (including phenoxy) is 1. The maximum atomic E-state index is 11.7. The van der Waals surface area contributed by atoms with Gasteiger partial charge in [0.15, 0.2) is 0 Å². The molecule has 2 aromatic carbocycles. The van der Waals surface area contributed by atoms with Crippen molar-refractivity contribution >= 4 is 12.3 Å². The third-order valence-corrected chi connectivity index (χ3v) is 4.03. The summed E-state index contributed by atoms with van der Waals surface area (Å²) in [6, 6.07) is 16.1. The van der Waals surface area contributed by atoms with Gasteiger partial charge in [0.05, 0.1) is 6.61 Å². The highest BCUT2D eigenvalue weighted by atomic mass is 16.5. The van der Waals surface area contributed by atoms with Gasteiger partial charge in [-0.1, -0.05) is 59.7 Å². The lowest BCUT2D eigenvalue weighted by Crippen LogP contribution is -2.08. The molecule has 0 amide bonds. The molecule has 0 saturated heterocycles. The van der Waals surface area contributed by atoms with Crippen molar-refractivity contribution in [3.8, 4) is 5.75 Å². The second kappa shape index (κ2) is 13.9. The van der Waals surface area contributed by atoms with E-state index in [2.05, 4.69) is 19.9 Å². The van der Waals surface area contributed by atoms with Crippen molar-refractivity contribution in [1.29, 1.82) is 0 Å². The summed E-state index contributed by atoms with van der Waals surface area (Å²) in [6.45, 7) is 6.45. The summed E-state index contributed by atoms with van der Waals surface area (Å²) < 4.78 is 5.11. The summed E-state index contributed by atoms with van der Waals surface area (Å²) in [5, 5.41) is 9.50. The quantitative estimate of drug-likeness (QED) is 0.271. The van der Waals surface area contributed by atoms with Gasteiger partial charge in [0, 0.05) is 6.42 Å². The minimum Gasteiger partial charge on any atom is -0.507 e. The van der Waals surface area contributed by atoms with Crippen LogP contribution < -0.4 is 0 Å². The van der Waals surface area contributed by atoms with Gasteiger partial charge in [0.2, 0.25) is 0 Å². The Bertz CT molecular complexity index is 816. The van der Waals surface area contributed by atoms with Gasteiger partial charge in [-0.15, -0.1) is 0 Å². The number of hydrogen-bond donors (Lipinski definition) is 1. The second-order valence-electron chi connectivity index (χ2n) is 6.86. The molecule has 0 aliphatic carbocycles. The van der Waals surface area contributed by atoms with Crippen LogP contribution in [-0.4, -0.2) is 24.0 Å². The number of para-hydroxylation sites is 1. The molecule has 0 heterocycles. The highest BCUT2D eigenvalue weighted by Gasteiger charge is 2.11. The molecule has 154 valence electrons. The Morgan fingerprint density at radius 2 is 1.66 bits per heavy atom. The number of phenolic OH excluding ortho intramolecular Hbond substituents is 1. The highest BCUT2D eigenvalue weighted by Crippen LogP contribution is 2.16. The van der Waals surface area contributed by atoms with E-state index in [1.54, 1.807) is 24.3 Å². The van der Waals surface area contributed by atoms with Crippen molar-refractivity contribution in [1.82, 2.24) is 0 Å². The third-order valence-electron chi connectivity index (χ3n) is 4.03. The highest BCUT2D eigenvalue weighted by molar-refractivity contribution is 5.92. The first-order chi connectivity index (χ1) is 13.9. The molecule has 0 spiro atoms. The van der Waals surface area contributed by atoms with E-state index < -0.39 is 5.97 Å². The smallest absolute Gasteiger partial charge is 0.341 e. The molecular formula is C25H30O4. The average molecular weight is 395 g/mol. The standard InChI is InChI=1S/C15H14O3.C10H16O/c16-14-9-5-4-8-13(14)15(17)18-11-10-12-6-2-1-3-7-12;1-9(2)5-4-6-10(3)7-8-11/h1-9,16H,10-11H2;5,7-8H,4,6H2,1-3H3. The molecule has 0 atom stereocenters. The van der Waals surface area contributed by atoms with Crippen LogP contribution >= 0.6 is 0 Å². The van der Waals surface area contributed by atoms with Crippen LogP contribution in [0.2, 0.25) is 0 Å². The fraction of sp³-hybridized carbons (Fsp3) is 0.280. The van der Waals surface area contributed by atoms with E-state index in [-0.39, 0.29) is 11.3 Å². The van der Waals surface area contributed by atoms with Crippen LogP contribution in [0.3, 0.4) is 0 Å². The number of rotatable bonds is 8. The van der Waals surface area contributed by atoms with E-state index in [1.807, 2.05) is 37.3 Å². The number of hydrogen-bond acceptors (Lipinski definition) is 4. The van der Waals surface area contributed by atoms with Gasteiger partial charge < -0.3 is 9.84 Å². The maximum Gasteiger partial charge on any atom is 0.341 e. The zero-order chi connectivity index (χ0) is 21.5. The number of allylic oxidation sites excluding steroid dienone is 4. The number of aldehydes is 1. The number of esters is 1. The van der Waals surface area contributed by atoms with Gasteiger partial charge in [-0.25, -0.2) is 4.79 Å². The fourth-order valence-corrected chi connectivity index (χ4v) is 2.42. The van der Waals surface area contributed by atoms with Crippen molar-refractivity contribution < 1.29 is 19.4 Å². The van der Waals surface area contributed by atoms with E-state index in [9.17, 15) is 14.7 Å². The van der Waals surface area contributed by atoms with Crippen molar-refractivity contribution in [3.63, 3.8) is 0 Å². The Hall–Kier alpha value is -3.14. The number of aromatic hydroxyl groups is 1. The fourth-order valence-electron chi connectivity index (χ4n) is 2.42. The van der Waals surface area contributed by atoms with Crippen LogP contribution in [0, 0.1) is 0 Å². The SMILES string of the molecule is CC(C)=CCCC(C)=CC=O.O=C(OCCc1ccccc1)c1ccccc1O. The van der Waals surface area contributed by atoms with Crippen LogP contribution in [0.25, 0.3) is 0 Å². The molecule has 4 nitrogen and oxygen atoms in total. The number of carbonyl (C=O) groups is 2. The molecule has 0 aromatic heterocycles. The molecule has 2 rings (SSSR count). The van der Waals surface area contributed by atoms with Crippen LogP contribution in [0.5, 0.6) is 5.75 Å². The molecule has 0 aliphatic rings. The van der Waals surface area contributed by atoms with E-state index in [1.165, 1.54) is 11.6 Å². The summed E-state index contributed by atoms with van der Waals surface area (Å²) >= 11 is 0. The van der Waals surface area contributed by atoms with Gasteiger partial charge in [0.25, 0.3) is 0 Å². The van der Waals surface area contributed by atoms with Crippen molar-refractivity contribution in [3.05, 3.63) is 89.0 Å². The Morgan fingerprint density at radius 3 is 2.28 bits per heavy atom. The van der Waals surface area contributed by atoms with E-state index >= 15 is 0 Å². The van der Waals surface area contributed by atoms with Crippen LogP contribution in [-0.2, 0) is 16.0 Å². The van der Waals surface area contributed by atoms with Gasteiger partial charge in [-0.2, -0.15) is 0 Å². The second-order valence-corrected chi connectivity index (χ2v) is 6.86. The lowest BCUT2D eigenvalue weighted by Gasteiger charge is -2.06. The topological polar surface area (TPSA) is 63.6 Å². The zero-order valence-corrected chi connectivity index (χ0v) is 17.4. The monoisotopic (exact) mass is 394 g/mol. The largest absolute Gasteiger partial charge is 0.507 e. The van der Waals surface area contributed by atoms with Crippen molar-refractivity contribution in [2.24, 2.45) is 0 Å². The van der Waals surface area contributed by atoms with E-state index in [0.29, 0.717) is 13.0 Å². The van der Waals surface area contributed by atoms with Crippen molar-refractivity contribution in [2.45, 2.75) is 40.0 Å². The Labute approximate surface area is 173 Å². The van der Waals surface area contributed by atoms with E-state index in [4.69, 9.17) is 4.74 Å². The Morgan fingerprint density at radius 1 is 1.00 bits per heavy atom. The molecule has 0 bridgehead atoms. The maximum absolute atomic E-state index is 11.7. The van der Waals surface area contributed by atoms with Gasteiger partial charge >= 0.3 is 5.97 Å². The summed E-state index contributed by atoms with van der Waals surface area (Å²) in [4.78, 5) is 21.7. The lowest BCUT2D eigenvalue weighted by molar-refractivity contribution is -0.104. The first-order valence-corrected chi connectivity index (χ1v) is 9.67. The van der Waals surface area contributed by atoms with Gasteiger partial charge in [-0.3, -0.25) is 4.79 Å². The predicted octanol–water partition coefficient (Wildman–Crippen LogP) is 5.67. The molecule has 0 radical (unpaired) electrons. The zero-order valence-electron chi connectivity index (χ0n) is 17.4. The summed E-state index contributed by atoms with van der Waals surface area (Å²) in [7, 11) is 0. The summed E-state index contributed by atoms with van der Waals surface area (Å²) in [5.74, 6) is -0.550. The molecule has 0 fully saturated rings. The number of benzene rings is 2. The lowest BCUT2D eigenvalue weighted by atomic mass is 10.1. The molecule has 0 unspecified atom stereocenters. The Kier molecular flexibility index (Phi) is 11.5. The molecule has 2 aromatic rings. The van der Waals surface area contributed by atoms with Crippen LogP contribution in [0.1, 0.15) is 49.5 Å². The molecule has 29 heavy (non-hydrogen) atoms. The summed E-state index contributed by atoms with van der Waals surface area (Å²) in [6.07, 6.45) is 7.35. The molecule has 1 N–H and O–H groups in total. The molecule has 4 heteroatoms. The minimum atomic E-state index is -0.496. The first-order valence-electron chi connectivity index (χ1n) is 9.67. The third kappa shape index (κ3) is 10.7. The molecule has 0 saturated carbocycles. The normalized spacial score (nSPS) is 10.4.